The number of para-hydroxylation sites is 1. The molecule has 1 aliphatic heterocycles. The van der Waals surface area contributed by atoms with E-state index in [9.17, 15) is 14.4 Å². The summed E-state index contributed by atoms with van der Waals surface area (Å²) in [6.07, 6.45) is 1.61. The minimum absolute atomic E-state index is 0.172. The fraction of sp³-hybridized carbons (Fsp3) is 0.0800. The van der Waals surface area contributed by atoms with Gasteiger partial charge in [-0.2, -0.15) is 0 Å². The zero-order valence-corrected chi connectivity index (χ0v) is 21.7. The summed E-state index contributed by atoms with van der Waals surface area (Å²) >= 11 is 7.75. The van der Waals surface area contributed by atoms with Gasteiger partial charge in [0.25, 0.3) is 17.1 Å². The van der Waals surface area contributed by atoms with Crippen LogP contribution in [-0.4, -0.2) is 28.6 Å². The molecule has 3 amide bonds. The van der Waals surface area contributed by atoms with Crippen molar-refractivity contribution in [3.63, 3.8) is 0 Å². The molecule has 1 N–H and O–H groups in total. The van der Waals surface area contributed by atoms with E-state index >= 15 is 0 Å². The van der Waals surface area contributed by atoms with Crippen LogP contribution in [0.15, 0.2) is 86.6 Å². The van der Waals surface area contributed by atoms with Gasteiger partial charge >= 0.3 is 0 Å². The average Bonchev–Trinajstić information content (AvgIpc) is 3.08. The summed E-state index contributed by atoms with van der Waals surface area (Å²) in [6.45, 7) is -0.0359. The average molecular weight is 602 g/mol. The number of hydrogen-bond acceptors (Lipinski definition) is 5. The van der Waals surface area contributed by atoms with Gasteiger partial charge in [-0.15, -0.1) is 0 Å². The van der Waals surface area contributed by atoms with Crippen molar-refractivity contribution in [3.05, 3.63) is 97.8 Å². The van der Waals surface area contributed by atoms with Gasteiger partial charge in [-0.3, -0.25) is 19.3 Å². The maximum absolute atomic E-state index is 13.0. The molecule has 1 aliphatic rings. The second-order valence-electron chi connectivity index (χ2n) is 7.24. The van der Waals surface area contributed by atoms with Crippen LogP contribution < -0.4 is 10.1 Å². The number of ether oxygens (including phenoxy) is 1. The summed E-state index contributed by atoms with van der Waals surface area (Å²) in [5, 5.41) is 2.42. The lowest BCUT2D eigenvalue weighted by Gasteiger charge is -2.13. The van der Waals surface area contributed by atoms with Crippen molar-refractivity contribution in [2.45, 2.75) is 6.54 Å². The van der Waals surface area contributed by atoms with E-state index in [4.69, 9.17) is 4.74 Å². The summed E-state index contributed by atoms with van der Waals surface area (Å²) in [6, 6.07) is 21.8. The van der Waals surface area contributed by atoms with Crippen molar-refractivity contribution < 1.29 is 19.1 Å². The lowest BCUT2D eigenvalue weighted by molar-refractivity contribution is -0.123. The van der Waals surface area contributed by atoms with Gasteiger partial charge in [-0.1, -0.05) is 68.3 Å². The molecular formula is C25H18Br2N2O4S. The first-order valence-corrected chi connectivity index (χ1v) is 12.6. The maximum Gasteiger partial charge on any atom is 0.293 e. The summed E-state index contributed by atoms with van der Waals surface area (Å²) in [5.41, 5.74) is 2.08. The molecule has 0 radical (unpaired) electrons. The molecule has 9 heteroatoms. The predicted molar refractivity (Wildman–Crippen MR) is 140 cm³/mol. The number of hydrogen-bond donors (Lipinski definition) is 1. The van der Waals surface area contributed by atoms with Crippen molar-refractivity contribution in [1.82, 2.24) is 4.90 Å². The van der Waals surface area contributed by atoms with Crippen LogP contribution in [-0.2, 0) is 16.1 Å². The van der Waals surface area contributed by atoms with Crippen LogP contribution in [0, 0.1) is 0 Å². The van der Waals surface area contributed by atoms with E-state index in [1.54, 1.807) is 36.4 Å². The third-order valence-electron chi connectivity index (χ3n) is 4.83. The number of amides is 3. The smallest absolute Gasteiger partial charge is 0.293 e. The van der Waals surface area contributed by atoms with E-state index in [-0.39, 0.29) is 35.1 Å². The molecule has 34 heavy (non-hydrogen) atoms. The number of nitrogens with one attached hydrogen (secondary N) is 1. The van der Waals surface area contributed by atoms with Gasteiger partial charge < -0.3 is 10.1 Å². The number of carbonyl (C=O) groups is 3. The van der Waals surface area contributed by atoms with E-state index in [0.29, 0.717) is 17.0 Å². The molecule has 6 nitrogen and oxygen atoms in total. The highest BCUT2D eigenvalue weighted by Crippen LogP contribution is 2.36. The van der Waals surface area contributed by atoms with Crippen LogP contribution in [0.4, 0.5) is 10.5 Å². The normalized spacial score (nSPS) is 14.5. The number of halogens is 2. The number of rotatable bonds is 7. The monoisotopic (exact) mass is 600 g/mol. The highest BCUT2D eigenvalue weighted by atomic mass is 79.9. The van der Waals surface area contributed by atoms with Crippen LogP contribution in [0.1, 0.15) is 11.1 Å². The number of benzene rings is 3. The van der Waals surface area contributed by atoms with E-state index in [1.165, 1.54) is 4.90 Å². The Hall–Kier alpha value is -2.88. The zero-order chi connectivity index (χ0) is 24.1. The molecule has 1 saturated heterocycles. The summed E-state index contributed by atoms with van der Waals surface area (Å²) in [4.78, 5) is 39.3. The standard InChI is InChI=1S/C25H18Br2N2O4S/c26-18-10-11-21(33-15-23(30)28-19-7-2-1-3-8-19)17(12-18)13-22-24(31)29(25(32)34-22)14-16-6-4-5-9-20(16)27/h1-13H,14-15H2,(H,28,30)/b22-13-. The molecule has 0 saturated carbocycles. The molecule has 0 aliphatic carbocycles. The van der Waals surface area contributed by atoms with Crippen LogP contribution >= 0.6 is 43.6 Å². The predicted octanol–water partition coefficient (Wildman–Crippen LogP) is 6.47. The molecule has 0 atom stereocenters. The Morgan fingerprint density at radius 3 is 2.50 bits per heavy atom. The van der Waals surface area contributed by atoms with Gasteiger partial charge in [-0.25, -0.2) is 0 Å². The Labute approximate surface area is 217 Å². The SMILES string of the molecule is O=C(COc1ccc(Br)cc1/C=C1\SC(=O)N(Cc2ccccc2Br)C1=O)Nc1ccccc1. The van der Waals surface area contributed by atoms with Crippen molar-refractivity contribution in [3.8, 4) is 5.75 Å². The Balaban J connectivity index is 1.49. The molecule has 3 aromatic carbocycles. The van der Waals surface area contributed by atoms with E-state index in [1.807, 2.05) is 42.5 Å². The molecule has 0 bridgehead atoms. The van der Waals surface area contributed by atoms with Gasteiger partial charge in [0, 0.05) is 20.2 Å². The second kappa shape index (κ2) is 11.0. The van der Waals surface area contributed by atoms with Crippen molar-refractivity contribution in [1.29, 1.82) is 0 Å². The lowest BCUT2D eigenvalue weighted by Crippen LogP contribution is -2.27. The quantitative estimate of drug-likeness (QED) is 0.314. The van der Waals surface area contributed by atoms with Crippen LogP contribution in [0.5, 0.6) is 5.75 Å². The topological polar surface area (TPSA) is 75.7 Å². The third kappa shape index (κ3) is 5.97. The molecular weight excluding hydrogens is 584 g/mol. The zero-order valence-electron chi connectivity index (χ0n) is 17.7. The Morgan fingerprint density at radius 2 is 1.74 bits per heavy atom. The highest BCUT2D eigenvalue weighted by Gasteiger charge is 2.35. The number of nitrogens with zero attached hydrogens (tertiary/aromatic N) is 1. The molecule has 1 fully saturated rings. The summed E-state index contributed by atoms with van der Waals surface area (Å²) < 4.78 is 7.33. The van der Waals surface area contributed by atoms with Crippen LogP contribution in [0.25, 0.3) is 6.08 Å². The van der Waals surface area contributed by atoms with E-state index in [0.717, 1.165) is 26.3 Å². The Morgan fingerprint density at radius 1 is 1.00 bits per heavy atom. The van der Waals surface area contributed by atoms with Gasteiger partial charge in [0.15, 0.2) is 6.61 Å². The summed E-state index contributed by atoms with van der Waals surface area (Å²) in [5.74, 6) is -0.267. The van der Waals surface area contributed by atoms with Crippen LogP contribution in [0.2, 0.25) is 0 Å². The fourth-order valence-corrected chi connectivity index (χ4v) is 4.82. The number of thioether (sulfide) groups is 1. The fourth-order valence-electron chi connectivity index (χ4n) is 3.20. The van der Waals surface area contributed by atoms with Crippen molar-refractivity contribution in [2.75, 3.05) is 11.9 Å². The Bertz CT molecular complexity index is 1280. The van der Waals surface area contributed by atoms with Gasteiger partial charge in [-0.05, 0) is 59.8 Å². The third-order valence-corrected chi connectivity index (χ3v) is 7.01. The van der Waals surface area contributed by atoms with Crippen LogP contribution in [0.3, 0.4) is 0 Å². The van der Waals surface area contributed by atoms with Crippen molar-refractivity contribution >= 4 is 72.4 Å². The molecule has 3 aromatic rings. The molecule has 4 rings (SSSR count). The maximum atomic E-state index is 13.0. The highest BCUT2D eigenvalue weighted by molar-refractivity contribution is 9.10. The van der Waals surface area contributed by atoms with E-state index in [2.05, 4.69) is 37.2 Å². The van der Waals surface area contributed by atoms with Crippen molar-refractivity contribution in [2.24, 2.45) is 0 Å². The van der Waals surface area contributed by atoms with Gasteiger partial charge in [0.1, 0.15) is 5.75 Å². The Kier molecular flexibility index (Phi) is 7.87. The van der Waals surface area contributed by atoms with Gasteiger partial charge in [0.2, 0.25) is 0 Å². The minimum Gasteiger partial charge on any atom is -0.483 e. The number of imide groups is 1. The summed E-state index contributed by atoms with van der Waals surface area (Å²) in [7, 11) is 0. The molecule has 0 unspecified atom stereocenters. The first-order valence-electron chi connectivity index (χ1n) is 10.2. The molecule has 0 spiro atoms. The van der Waals surface area contributed by atoms with Gasteiger partial charge in [0.05, 0.1) is 11.4 Å². The largest absolute Gasteiger partial charge is 0.483 e. The molecule has 0 aromatic heterocycles. The lowest BCUT2D eigenvalue weighted by atomic mass is 10.1. The second-order valence-corrected chi connectivity index (χ2v) is 10.0. The molecule has 172 valence electrons. The number of anilines is 1. The first-order chi connectivity index (χ1) is 16.4. The number of carbonyl (C=O) groups excluding carboxylic acids is 3. The first kappa shape index (κ1) is 24.3. The molecule has 1 heterocycles. The minimum atomic E-state index is -0.376. The van der Waals surface area contributed by atoms with E-state index < -0.39 is 0 Å².